The summed E-state index contributed by atoms with van der Waals surface area (Å²) in [4.78, 5) is 115. The van der Waals surface area contributed by atoms with Crippen molar-refractivity contribution in [3.05, 3.63) is 152 Å². The van der Waals surface area contributed by atoms with E-state index in [2.05, 4.69) is 60.0 Å². The lowest BCUT2D eigenvalue weighted by atomic mass is 10.1. The van der Waals surface area contributed by atoms with Crippen molar-refractivity contribution in [2.24, 2.45) is 0 Å². The number of imidazole rings is 3. The van der Waals surface area contributed by atoms with E-state index in [1.165, 1.54) is 24.1 Å². The molecule has 0 saturated carbocycles. The first kappa shape index (κ1) is 72.7. The third-order valence-electron chi connectivity index (χ3n) is 19.3. The second kappa shape index (κ2) is 30.5. The molecule has 568 valence electrons. The van der Waals surface area contributed by atoms with Gasteiger partial charge in [0.2, 0.25) is 23.8 Å². The number of esters is 1. The summed E-state index contributed by atoms with van der Waals surface area (Å²) in [5.74, 6) is 0.401. The van der Waals surface area contributed by atoms with Gasteiger partial charge >= 0.3 is 17.9 Å². The SMILES string of the molecule is CC(=O)c1cccc2c1nnn2-c1nc(N2CCN(c3ccc(O)cc3)CC2)nc2c1ncn2CC(=O)OC(C)(C)C.CCC(C(=O)O)n1cnc2c(-n3ncc4ccccc43)nc(N3CCN(c4ccc(O)cc4)CC3)nc21.O=C(O)Cn1cnc2c(-n3ncc4ccccc43)nc(N3CCN(C(=O)CO)CC3)nc21. The standard InChI is InChI=1S/C29H31N9O4.C26H26N8O3.C20H20N8O4/c1-18(39)21-6-5-7-22-24(21)33-34-38(22)27-25-26(37(17-30-25)16-23(41)42-29(2,3)4)31-28(32-27)36-14-12-35(13-15-36)19-8-10-20(40)11-9-19;1-2-20(25(36)37)33-16-27-22-23(33)29-26(30-24(22)34-21-6-4-3-5-17(21)15-28-34)32-13-11-31(12-14-32)18-7-9-19(35)10-8-18;29-11-15(30)25-5-7-26(8-6-25)20-23-18-17(21-12-27(18)10-16(31)32)19(24-20)28-14-4-2-1-3-13(14)9-22-28/h5-11,17,40H,12-16H2,1-4H3;3-10,15-16,20,35H,2,11-14H2,1H3,(H,36,37);1-4,9,12,29H,5-8,10-11H2,(H,31,32). The fourth-order valence-electron chi connectivity index (χ4n) is 13.8. The fraction of sp³-hybridized carbons (Fsp3) is 0.307. The summed E-state index contributed by atoms with van der Waals surface area (Å²) < 4.78 is 15.2. The van der Waals surface area contributed by atoms with Crippen molar-refractivity contribution in [3.8, 4) is 29.0 Å². The third-order valence-corrected chi connectivity index (χ3v) is 19.3. The number of carbonyl (C=O) groups is 5. The molecule has 1 unspecified atom stereocenters. The quantitative estimate of drug-likeness (QED) is 0.0496. The van der Waals surface area contributed by atoms with Crippen molar-refractivity contribution in [2.75, 3.05) is 110 Å². The number of ether oxygens (including phenoxy) is 1. The Morgan fingerprint density at radius 2 is 0.937 bits per heavy atom. The Labute approximate surface area is 631 Å². The lowest BCUT2D eigenvalue weighted by Crippen LogP contribution is -2.50. The third kappa shape index (κ3) is 14.9. The van der Waals surface area contributed by atoms with Crippen LogP contribution in [0.1, 0.15) is 57.4 Å². The number of Topliss-reactive ketones (excluding diaryl/α,β-unsaturated/α-hetero) is 1. The first-order valence-corrected chi connectivity index (χ1v) is 36.0. The van der Waals surface area contributed by atoms with E-state index in [0.717, 1.165) is 46.3 Å². The zero-order chi connectivity index (χ0) is 77.4. The number of carbonyl (C=O) groups excluding carboxylic acids is 3. The summed E-state index contributed by atoms with van der Waals surface area (Å²) in [5, 5.41) is 67.1. The van der Waals surface area contributed by atoms with Crippen LogP contribution in [0, 0.1) is 0 Å². The Morgan fingerprint density at radius 1 is 0.495 bits per heavy atom. The lowest BCUT2D eigenvalue weighted by molar-refractivity contribution is -0.155. The molecule has 0 bridgehead atoms. The molecule has 3 saturated heterocycles. The van der Waals surface area contributed by atoms with Gasteiger partial charge in [-0.3, -0.25) is 19.2 Å². The summed E-state index contributed by atoms with van der Waals surface area (Å²) in [6.07, 6.45) is 8.41. The molecule has 36 heteroatoms. The Morgan fingerprint density at radius 3 is 1.41 bits per heavy atom. The van der Waals surface area contributed by atoms with E-state index in [0.29, 0.717) is 157 Å². The number of benzene rings is 5. The number of hydrogen-bond donors (Lipinski definition) is 5. The van der Waals surface area contributed by atoms with Crippen LogP contribution in [0.4, 0.5) is 29.2 Å². The van der Waals surface area contributed by atoms with Gasteiger partial charge in [-0.1, -0.05) is 54.6 Å². The maximum absolute atomic E-state index is 12.7. The molecule has 9 aromatic heterocycles. The Bertz CT molecular complexity index is 5820. The molecule has 5 N–H and O–H groups in total. The molecule has 3 aliphatic heterocycles. The molecule has 12 heterocycles. The summed E-state index contributed by atoms with van der Waals surface area (Å²) >= 11 is 0. The Hall–Kier alpha value is -13.8. The van der Waals surface area contributed by atoms with Gasteiger partial charge in [-0.2, -0.15) is 44.8 Å². The van der Waals surface area contributed by atoms with Gasteiger partial charge in [0.05, 0.1) is 47.9 Å². The van der Waals surface area contributed by atoms with Crippen molar-refractivity contribution in [3.63, 3.8) is 0 Å². The number of aliphatic hydroxyl groups excluding tert-OH is 1. The predicted octanol–water partition coefficient (Wildman–Crippen LogP) is 6.26. The van der Waals surface area contributed by atoms with Crippen LogP contribution in [0.5, 0.6) is 11.5 Å². The number of piperazine rings is 3. The normalized spacial score (nSPS) is 14.5. The Balaban J connectivity index is 0.000000133. The summed E-state index contributed by atoms with van der Waals surface area (Å²) in [6, 6.07) is 34.4. The van der Waals surface area contributed by atoms with Crippen LogP contribution in [0.3, 0.4) is 0 Å². The number of rotatable bonds is 17. The number of anilines is 5. The van der Waals surface area contributed by atoms with Crippen LogP contribution in [-0.2, 0) is 37.0 Å². The Kier molecular flexibility index (Phi) is 20.0. The smallest absolute Gasteiger partial charge is 0.326 e. The number of phenolic OH excluding ortho intramolecular Hbond substituents is 2. The van der Waals surface area contributed by atoms with E-state index in [1.807, 2.05) is 111 Å². The molecule has 0 spiro atoms. The molecule has 14 aromatic rings. The van der Waals surface area contributed by atoms with E-state index in [-0.39, 0.29) is 36.3 Å². The molecule has 0 aliphatic carbocycles. The van der Waals surface area contributed by atoms with Gasteiger partial charge in [0.15, 0.2) is 56.7 Å². The lowest BCUT2D eigenvalue weighted by Gasteiger charge is -2.36. The number of amides is 1. The number of para-hydroxylation sites is 2. The molecule has 1 amide bonds. The first-order chi connectivity index (χ1) is 53.6. The number of fused-ring (bicyclic) bond motifs is 6. The highest BCUT2D eigenvalue weighted by atomic mass is 16.6. The van der Waals surface area contributed by atoms with Crippen LogP contribution in [0.2, 0.25) is 0 Å². The minimum atomic E-state index is -1.01. The number of carboxylic acid groups (broad SMARTS) is 2. The van der Waals surface area contributed by atoms with E-state index >= 15 is 0 Å². The first-order valence-electron chi connectivity index (χ1n) is 36.0. The molecule has 5 aromatic carbocycles. The van der Waals surface area contributed by atoms with Crippen LogP contribution >= 0.6 is 0 Å². The molecule has 111 heavy (non-hydrogen) atoms. The maximum atomic E-state index is 12.7. The summed E-state index contributed by atoms with van der Waals surface area (Å²) in [7, 11) is 0. The van der Waals surface area contributed by atoms with Crippen LogP contribution < -0.4 is 24.5 Å². The summed E-state index contributed by atoms with van der Waals surface area (Å²) in [6.45, 7) is 15.2. The average Bonchev–Trinajstić information content (AvgIpc) is 1.62. The topological polar surface area (TPSA) is 412 Å². The van der Waals surface area contributed by atoms with Gasteiger partial charge in [0, 0.05) is 106 Å². The van der Waals surface area contributed by atoms with Gasteiger partial charge in [0.1, 0.15) is 48.4 Å². The number of ketones is 1. The van der Waals surface area contributed by atoms with Crippen molar-refractivity contribution >= 4 is 125 Å². The van der Waals surface area contributed by atoms with E-state index in [4.69, 9.17) is 34.8 Å². The number of hydrogen-bond acceptors (Lipinski definition) is 27. The number of aromatic hydroxyl groups is 2. The number of aliphatic carboxylic acids is 2. The fourth-order valence-corrected chi connectivity index (χ4v) is 13.8. The number of nitrogens with zero attached hydrogens (tertiary/aromatic N) is 25. The highest BCUT2D eigenvalue weighted by Gasteiger charge is 2.31. The molecule has 36 nitrogen and oxygen atoms in total. The maximum Gasteiger partial charge on any atom is 0.326 e. The molecule has 0 radical (unpaired) electrons. The van der Waals surface area contributed by atoms with Crippen molar-refractivity contribution in [1.82, 2.24) is 98.0 Å². The van der Waals surface area contributed by atoms with Crippen molar-refractivity contribution < 1.29 is 54.2 Å². The zero-order valence-corrected chi connectivity index (χ0v) is 61.1. The van der Waals surface area contributed by atoms with Crippen molar-refractivity contribution in [1.29, 1.82) is 0 Å². The minimum absolute atomic E-state index is 0.0785. The number of phenols is 2. The number of carboxylic acids is 2. The van der Waals surface area contributed by atoms with Gasteiger partial charge in [-0.25, -0.2) is 29.1 Å². The molecular weight excluding hydrogens is 1430 g/mol. The molecule has 1 atom stereocenters. The largest absolute Gasteiger partial charge is 0.508 e. The van der Waals surface area contributed by atoms with Gasteiger partial charge in [-0.05, 0) is 107 Å². The van der Waals surface area contributed by atoms with Crippen LogP contribution in [0.15, 0.2) is 147 Å². The molecule has 3 aliphatic rings. The highest BCUT2D eigenvalue weighted by Crippen LogP contribution is 2.33. The summed E-state index contributed by atoms with van der Waals surface area (Å²) in [5.41, 5.74) is 7.37. The van der Waals surface area contributed by atoms with E-state index < -0.39 is 36.2 Å². The van der Waals surface area contributed by atoms with Gasteiger partial charge in [-0.15, -0.1) is 5.10 Å². The van der Waals surface area contributed by atoms with Gasteiger partial charge in [0.25, 0.3) is 0 Å². The number of aliphatic hydroxyl groups is 1. The van der Waals surface area contributed by atoms with Crippen molar-refractivity contribution in [2.45, 2.75) is 65.8 Å². The second-order valence-corrected chi connectivity index (χ2v) is 27.7. The second-order valence-electron chi connectivity index (χ2n) is 27.7. The van der Waals surface area contributed by atoms with E-state index in [9.17, 15) is 44.4 Å². The molecule has 3 fully saturated rings. The predicted molar refractivity (Wildman–Crippen MR) is 409 cm³/mol. The zero-order valence-electron chi connectivity index (χ0n) is 61.1. The molecule has 17 rings (SSSR count). The van der Waals surface area contributed by atoms with Gasteiger partial charge < -0.3 is 73.4 Å². The molecular formula is C75H77N25O11. The minimum Gasteiger partial charge on any atom is -0.508 e. The average molecular weight is 1500 g/mol. The van der Waals surface area contributed by atoms with Crippen LogP contribution in [0.25, 0.3) is 83.8 Å². The van der Waals surface area contributed by atoms with E-state index in [1.54, 1.807) is 83.2 Å². The van der Waals surface area contributed by atoms with Crippen LogP contribution in [-0.4, -0.2) is 244 Å². The highest BCUT2D eigenvalue weighted by molar-refractivity contribution is 6.05. The monoisotopic (exact) mass is 1500 g/mol. The number of aromatic nitrogens is 19.